The summed E-state index contributed by atoms with van der Waals surface area (Å²) in [6, 6.07) is 3.25. The lowest BCUT2D eigenvalue weighted by Crippen LogP contribution is -2.15. The van der Waals surface area contributed by atoms with E-state index in [4.69, 9.17) is 5.73 Å². The quantitative estimate of drug-likeness (QED) is 0.825. The molecular weight excluding hydrogens is 207 g/mol. The lowest BCUT2D eigenvalue weighted by atomic mass is 10.2. The standard InChI is InChI=1S/C11H15FN4/c1-7-5-9-10(6-8(7)12)16(2)11(15-9)14-4-3-13/h5-6H,3-4,13H2,1-2H3,(H,14,15). The number of fused-ring (bicyclic) bond motifs is 1. The molecule has 0 saturated heterocycles. The summed E-state index contributed by atoms with van der Waals surface area (Å²) < 4.78 is 15.2. The molecule has 0 aliphatic rings. The van der Waals surface area contributed by atoms with Gasteiger partial charge in [0.25, 0.3) is 0 Å². The van der Waals surface area contributed by atoms with Crippen LogP contribution in [0.2, 0.25) is 0 Å². The maximum atomic E-state index is 13.4. The van der Waals surface area contributed by atoms with E-state index >= 15 is 0 Å². The summed E-state index contributed by atoms with van der Waals surface area (Å²) in [4.78, 5) is 4.38. The number of hydrogen-bond acceptors (Lipinski definition) is 3. The van der Waals surface area contributed by atoms with Crippen LogP contribution in [0.25, 0.3) is 11.0 Å². The minimum absolute atomic E-state index is 0.208. The summed E-state index contributed by atoms with van der Waals surface area (Å²) in [7, 11) is 1.85. The molecule has 0 saturated carbocycles. The monoisotopic (exact) mass is 222 g/mol. The highest BCUT2D eigenvalue weighted by Crippen LogP contribution is 2.21. The number of nitrogens with one attached hydrogen (secondary N) is 1. The highest BCUT2D eigenvalue weighted by molar-refractivity contribution is 5.79. The zero-order valence-electron chi connectivity index (χ0n) is 9.42. The molecule has 0 spiro atoms. The van der Waals surface area contributed by atoms with Crippen molar-refractivity contribution < 1.29 is 4.39 Å². The molecule has 0 unspecified atom stereocenters. The summed E-state index contributed by atoms with van der Waals surface area (Å²) >= 11 is 0. The van der Waals surface area contributed by atoms with Gasteiger partial charge in [0.05, 0.1) is 11.0 Å². The van der Waals surface area contributed by atoms with Crippen molar-refractivity contribution >= 4 is 17.0 Å². The topological polar surface area (TPSA) is 55.9 Å². The molecule has 86 valence electrons. The molecule has 3 N–H and O–H groups in total. The molecule has 0 fully saturated rings. The third-order valence-corrected chi connectivity index (χ3v) is 2.59. The van der Waals surface area contributed by atoms with Crippen LogP contribution in [0.4, 0.5) is 10.3 Å². The number of rotatable bonds is 3. The first-order chi connectivity index (χ1) is 7.63. The highest BCUT2D eigenvalue weighted by atomic mass is 19.1. The number of benzene rings is 1. The minimum Gasteiger partial charge on any atom is -0.354 e. The van der Waals surface area contributed by atoms with Crippen molar-refractivity contribution in [3.8, 4) is 0 Å². The van der Waals surface area contributed by atoms with E-state index in [2.05, 4.69) is 10.3 Å². The molecule has 0 aliphatic heterocycles. The van der Waals surface area contributed by atoms with Crippen molar-refractivity contribution in [1.82, 2.24) is 9.55 Å². The molecule has 0 amide bonds. The maximum Gasteiger partial charge on any atom is 0.203 e. The first kappa shape index (κ1) is 10.9. The van der Waals surface area contributed by atoms with Crippen LogP contribution in [-0.4, -0.2) is 22.6 Å². The average Bonchev–Trinajstić information content (AvgIpc) is 2.54. The van der Waals surface area contributed by atoms with Gasteiger partial charge >= 0.3 is 0 Å². The SMILES string of the molecule is Cc1cc2nc(NCCN)n(C)c2cc1F. The second kappa shape index (κ2) is 4.09. The second-order valence-electron chi connectivity index (χ2n) is 3.80. The predicted molar refractivity (Wildman–Crippen MR) is 63.0 cm³/mol. The van der Waals surface area contributed by atoms with Gasteiger partial charge in [0, 0.05) is 26.2 Å². The zero-order chi connectivity index (χ0) is 11.7. The van der Waals surface area contributed by atoms with Gasteiger partial charge in [-0.05, 0) is 18.6 Å². The van der Waals surface area contributed by atoms with Gasteiger partial charge in [-0.15, -0.1) is 0 Å². The van der Waals surface area contributed by atoms with Gasteiger partial charge in [0.2, 0.25) is 5.95 Å². The molecule has 0 radical (unpaired) electrons. The average molecular weight is 222 g/mol. The number of anilines is 1. The van der Waals surface area contributed by atoms with E-state index in [1.165, 1.54) is 6.07 Å². The van der Waals surface area contributed by atoms with Crippen molar-refractivity contribution in [2.75, 3.05) is 18.4 Å². The van der Waals surface area contributed by atoms with Gasteiger partial charge in [-0.2, -0.15) is 0 Å². The Morgan fingerprint density at radius 3 is 2.94 bits per heavy atom. The molecule has 0 aliphatic carbocycles. The molecule has 1 aromatic carbocycles. The minimum atomic E-state index is -0.208. The van der Waals surface area contributed by atoms with E-state index < -0.39 is 0 Å². The summed E-state index contributed by atoms with van der Waals surface area (Å²) in [6.45, 7) is 2.92. The van der Waals surface area contributed by atoms with Gasteiger partial charge < -0.3 is 15.6 Å². The normalized spacial score (nSPS) is 11.0. The van der Waals surface area contributed by atoms with Crippen molar-refractivity contribution in [2.24, 2.45) is 12.8 Å². The van der Waals surface area contributed by atoms with Gasteiger partial charge in [0.15, 0.2) is 0 Å². The van der Waals surface area contributed by atoms with Crippen LogP contribution in [-0.2, 0) is 7.05 Å². The number of imidazole rings is 1. The van der Waals surface area contributed by atoms with Crippen LogP contribution in [0.1, 0.15) is 5.56 Å². The Kier molecular flexibility index (Phi) is 2.78. The third kappa shape index (κ3) is 1.74. The first-order valence-electron chi connectivity index (χ1n) is 5.20. The molecule has 1 aromatic heterocycles. The van der Waals surface area contributed by atoms with Gasteiger partial charge in [-0.3, -0.25) is 0 Å². The number of nitrogens with two attached hydrogens (primary N) is 1. The molecular formula is C11H15FN4. The number of nitrogens with zero attached hydrogens (tertiary/aromatic N) is 2. The lowest BCUT2D eigenvalue weighted by molar-refractivity contribution is 0.619. The third-order valence-electron chi connectivity index (χ3n) is 2.59. The van der Waals surface area contributed by atoms with E-state index in [9.17, 15) is 4.39 Å². The lowest BCUT2D eigenvalue weighted by Gasteiger charge is -2.03. The largest absolute Gasteiger partial charge is 0.354 e. The van der Waals surface area contributed by atoms with Crippen molar-refractivity contribution in [3.63, 3.8) is 0 Å². The zero-order valence-corrected chi connectivity index (χ0v) is 9.42. The van der Waals surface area contributed by atoms with Crippen LogP contribution >= 0.6 is 0 Å². The molecule has 2 rings (SSSR count). The molecule has 5 heteroatoms. The molecule has 0 bridgehead atoms. The van der Waals surface area contributed by atoms with Crippen LogP contribution in [0.5, 0.6) is 0 Å². The predicted octanol–water partition coefficient (Wildman–Crippen LogP) is 1.39. The summed E-state index contributed by atoms with van der Waals surface area (Å²) in [5.41, 5.74) is 7.59. The summed E-state index contributed by atoms with van der Waals surface area (Å²) in [6.07, 6.45) is 0. The fourth-order valence-electron chi connectivity index (χ4n) is 1.66. The number of aromatic nitrogens is 2. The second-order valence-corrected chi connectivity index (χ2v) is 3.80. The van der Waals surface area contributed by atoms with E-state index in [1.807, 2.05) is 11.6 Å². The Hall–Kier alpha value is -1.62. The Balaban J connectivity index is 2.50. The maximum absolute atomic E-state index is 13.4. The van der Waals surface area contributed by atoms with E-state index in [0.717, 1.165) is 11.0 Å². The number of aryl methyl sites for hydroxylation is 2. The highest BCUT2D eigenvalue weighted by Gasteiger charge is 2.09. The van der Waals surface area contributed by atoms with E-state index in [0.29, 0.717) is 24.6 Å². The summed E-state index contributed by atoms with van der Waals surface area (Å²) in [5.74, 6) is 0.506. The first-order valence-corrected chi connectivity index (χ1v) is 5.20. The van der Waals surface area contributed by atoms with Crippen LogP contribution < -0.4 is 11.1 Å². The number of hydrogen-bond donors (Lipinski definition) is 2. The molecule has 4 nitrogen and oxygen atoms in total. The van der Waals surface area contributed by atoms with E-state index in [-0.39, 0.29) is 5.82 Å². The van der Waals surface area contributed by atoms with E-state index in [1.54, 1.807) is 13.0 Å². The number of halogens is 1. The van der Waals surface area contributed by atoms with Crippen LogP contribution in [0.15, 0.2) is 12.1 Å². The molecule has 0 atom stereocenters. The fraction of sp³-hybridized carbons (Fsp3) is 0.364. The van der Waals surface area contributed by atoms with Crippen molar-refractivity contribution in [3.05, 3.63) is 23.5 Å². The molecule has 16 heavy (non-hydrogen) atoms. The fourth-order valence-corrected chi connectivity index (χ4v) is 1.66. The van der Waals surface area contributed by atoms with Gasteiger partial charge in [0.1, 0.15) is 5.82 Å². The van der Waals surface area contributed by atoms with Gasteiger partial charge in [-0.25, -0.2) is 9.37 Å². The van der Waals surface area contributed by atoms with Crippen LogP contribution in [0, 0.1) is 12.7 Å². The van der Waals surface area contributed by atoms with Gasteiger partial charge in [-0.1, -0.05) is 0 Å². The summed E-state index contributed by atoms with van der Waals surface area (Å²) in [5, 5.41) is 3.10. The molecule has 1 heterocycles. The Labute approximate surface area is 93.3 Å². The van der Waals surface area contributed by atoms with Crippen LogP contribution in [0.3, 0.4) is 0 Å². The molecule has 2 aromatic rings. The van der Waals surface area contributed by atoms with Crippen molar-refractivity contribution in [1.29, 1.82) is 0 Å². The Morgan fingerprint density at radius 2 is 2.25 bits per heavy atom. The smallest absolute Gasteiger partial charge is 0.203 e. The Bertz CT molecular complexity index is 518. The van der Waals surface area contributed by atoms with Crippen molar-refractivity contribution in [2.45, 2.75) is 6.92 Å². The Morgan fingerprint density at radius 1 is 1.50 bits per heavy atom.